The highest BCUT2D eigenvalue weighted by atomic mass is 79.9. The molecule has 1 aromatic heterocycles. The number of hydrogen-bond acceptors (Lipinski definition) is 4. The third-order valence-corrected chi connectivity index (χ3v) is 2.53. The minimum Gasteiger partial charge on any atom is -0.396 e. The summed E-state index contributed by atoms with van der Waals surface area (Å²) in [6.45, 7) is 4.71. The first kappa shape index (κ1) is 12.3. The summed E-state index contributed by atoms with van der Waals surface area (Å²) in [4.78, 5) is 6.23. The van der Waals surface area contributed by atoms with E-state index < -0.39 is 0 Å². The molecule has 1 aromatic rings. The van der Waals surface area contributed by atoms with Gasteiger partial charge in [0.25, 0.3) is 0 Å². The molecule has 0 unspecified atom stereocenters. The van der Waals surface area contributed by atoms with Gasteiger partial charge < -0.3 is 15.7 Å². The van der Waals surface area contributed by atoms with E-state index in [1.165, 1.54) is 0 Å². The van der Waals surface area contributed by atoms with E-state index in [2.05, 4.69) is 20.9 Å². The van der Waals surface area contributed by atoms with Crippen molar-refractivity contribution in [3.63, 3.8) is 0 Å². The van der Waals surface area contributed by atoms with Crippen LogP contribution in [0.1, 0.15) is 13.8 Å². The summed E-state index contributed by atoms with van der Waals surface area (Å²) in [5.74, 6) is 0.724. The molecule has 0 amide bonds. The molecule has 0 spiro atoms. The first-order chi connectivity index (χ1) is 7.06. The molecular formula is C10H16BrN3O. The van der Waals surface area contributed by atoms with Gasteiger partial charge in [0, 0.05) is 23.3 Å². The summed E-state index contributed by atoms with van der Waals surface area (Å²) >= 11 is 3.31. The van der Waals surface area contributed by atoms with Crippen LogP contribution in [0.25, 0.3) is 0 Å². The summed E-state index contributed by atoms with van der Waals surface area (Å²) in [6.07, 6.45) is 1.71. The van der Waals surface area contributed by atoms with Gasteiger partial charge in [0.15, 0.2) is 5.82 Å². The fraction of sp³-hybridized carbons (Fsp3) is 0.500. The van der Waals surface area contributed by atoms with Crippen molar-refractivity contribution in [1.82, 2.24) is 4.98 Å². The Hall–Kier alpha value is -0.810. The predicted octanol–water partition coefficient (Wildman–Crippen LogP) is 1.63. The Morgan fingerprint density at radius 2 is 2.27 bits per heavy atom. The third kappa shape index (κ3) is 3.07. The van der Waals surface area contributed by atoms with Crippen LogP contribution in [0.3, 0.4) is 0 Å². The Kier molecular flexibility index (Phi) is 4.35. The highest BCUT2D eigenvalue weighted by molar-refractivity contribution is 9.10. The maximum Gasteiger partial charge on any atom is 0.152 e. The minimum absolute atomic E-state index is 0.0926. The lowest BCUT2D eigenvalue weighted by atomic mass is 10.3. The number of aliphatic hydroxyl groups is 1. The van der Waals surface area contributed by atoms with Crippen molar-refractivity contribution in [1.29, 1.82) is 0 Å². The van der Waals surface area contributed by atoms with Crippen molar-refractivity contribution < 1.29 is 5.11 Å². The van der Waals surface area contributed by atoms with E-state index >= 15 is 0 Å². The molecule has 1 heterocycles. The molecule has 0 bridgehead atoms. The zero-order chi connectivity index (χ0) is 11.4. The molecular weight excluding hydrogens is 258 g/mol. The Labute approximate surface area is 98.2 Å². The Bertz CT molecular complexity index is 330. The molecule has 1 rings (SSSR count). The zero-order valence-corrected chi connectivity index (χ0v) is 10.5. The topological polar surface area (TPSA) is 62.4 Å². The Balaban J connectivity index is 3.00. The van der Waals surface area contributed by atoms with Crippen LogP contribution in [0.15, 0.2) is 16.7 Å². The van der Waals surface area contributed by atoms with Crippen LogP contribution in [-0.4, -0.2) is 29.3 Å². The standard InChI is InChI=1S/C10H16BrN3O/c1-7(2)14(3-4-15)10-9(12)5-8(11)6-13-10/h5-7,15H,3-4,12H2,1-2H3. The molecule has 0 aliphatic heterocycles. The number of hydrogen-bond donors (Lipinski definition) is 2. The minimum atomic E-state index is 0.0926. The maximum atomic E-state index is 8.97. The average molecular weight is 274 g/mol. The first-order valence-corrected chi connectivity index (χ1v) is 5.64. The van der Waals surface area contributed by atoms with Gasteiger partial charge in [0.1, 0.15) is 0 Å². The van der Waals surface area contributed by atoms with Crippen molar-refractivity contribution >= 4 is 27.4 Å². The molecule has 0 fully saturated rings. The molecule has 15 heavy (non-hydrogen) atoms. The van der Waals surface area contributed by atoms with Crippen molar-refractivity contribution in [2.75, 3.05) is 23.8 Å². The van der Waals surface area contributed by atoms with Crippen LogP contribution >= 0.6 is 15.9 Å². The number of nitrogen functional groups attached to an aromatic ring is 1. The number of halogens is 1. The lowest BCUT2D eigenvalue weighted by Gasteiger charge is -2.28. The molecule has 4 nitrogen and oxygen atoms in total. The van der Waals surface area contributed by atoms with E-state index in [4.69, 9.17) is 10.8 Å². The van der Waals surface area contributed by atoms with Crippen molar-refractivity contribution in [2.45, 2.75) is 19.9 Å². The quantitative estimate of drug-likeness (QED) is 0.876. The number of nitrogens with two attached hydrogens (primary N) is 1. The molecule has 5 heteroatoms. The first-order valence-electron chi connectivity index (χ1n) is 4.84. The molecule has 0 aliphatic carbocycles. The molecule has 0 atom stereocenters. The summed E-state index contributed by atoms with van der Waals surface area (Å²) in [6, 6.07) is 2.07. The number of pyridine rings is 1. The van der Waals surface area contributed by atoms with Crippen molar-refractivity contribution in [3.8, 4) is 0 Å². The van der Waals surface area contributed by atoms with Crippen molar-refractivity contribution in [3.05, 3.63) is 16.7 Å². The number of rotatable bonds is 4. The largest absolute Gasteiger partial charge is 0.396 e. The molecule has 0 aliphatic rings. The van der Waals surface area contributed by atoms with Gasteiger partial charge in [-0.3, -0.25) is 0 Å². The van der Waals surface area contributed by atoms with Gasteiger partial charge in [-0.25, -0.2) is 4.98 Å². The smallest absolute Gasteiger partial charge is 0.152 e. The number of nitrogens with zero attached hydrogens (tertiary/aromatic N) is 2. The second-order valence-electron chi connectivity index (χ2n) is 3.58. The fourth-order valence-electron chi connectivity index (χ4n) is 1.40. The molecule has 0 saturated carbocycles. The van der Waals surface area contributed by atoms with Crippen LogP contribution in [0.2, 0.25) is 0 Å². The van der Waals surface area contributed by atoms with Crippen molar-refractivity contribution in [2.24, 2.45) is 0 Å². The van der Waals surface area contributed by atoms with Gasteiger partial charge in [-0.2, -0.15) is 0 Å². The Morgan fingerprint density at radius 3 is 2.73 bits per heavy atom. The lowest BCUT2D eigenvalue weighted by molar-refractivity contribution is 0.298. The van der Waals surface area contributed by atoms with Crippen LogP contribution in [0.5, 0.6) is 0 Å². The normalized spacial score (nSPS) is 10.7. The lowest BCUT2D eigenvalue weighted by Crippen LogP contribution is -2.34. The highest BCUT2D eigenvalue weighted by Crippen LogP contribution is 2.24. The Morgan fingerprint density at radius 1 is 1.60 bits per heavy atom. The average Bonchev–Trinajstić information content (AvgIpc) is 2.15. The van der Waals surface area contributed by atoms with Gasteiger partial charge in [-0.05, 0) is 35.8 Å². The van der Waals surface area contributed by atoms with E-state index in [-0.39, 0.29) is 12.6 Å². The SMILES string of the molecule is CC(C)N(CCO)c1ncc(Br)cc1N. The maximum absolute atomic E-state index is 8.97. The number of aliphatic hydroxyl groups excluding tert-OH is 1. The molecule has 3 N–H and O–H groups in total. The summed E-state index contributed by atoms with van der Waals surface area (Å²) in [7, 11) is 0. The second kappa shape index (κ2) is 5.32. The number of aromatic nitrogens is 1. The third-order valence-electron chi connectivity index (χ3n) is 2.10. The van der Waals surface area contributed by atoms with E-state index in [0.29, 0.717) is 12.2 Å². The summed E-state index contributed by atoms with van der Waals surface area (Å²) in [5.41, 5.74) is 6.49. The van der Waals surface area contributed by atoms with Crippen LogP contribution in [0, 0.1) is 0 Å². The second-order valence-corrected chi connectivity index (χ2v) is 4.49. The van der Waals surface area contributed by atoms with E-state index in [9.17, 15) is 0 Å². The van der Waals surface area contributed by atoms with Gasteiger partial charge >= 0.3 is 0 Å². The van der Waals surface area contributed by atoms with Gasteiger partial charge in [0.2, 0.25) is 0 Å². The van der Waals surface area contributed by atoms with Crippen LogP contribution in [-0.2, 0) is 0 Å². The summed E-state index contributed by atoms with van der Waals surface area (Å²) in [5, 5.41) is 8.97. The molecule has 84 valence electrons. The molecule has 0 radical (unpaired) electrons. The van der Waals surface area contributed by atoms with Gasteiger partial charge in [0.05, 0.1) is 12.3 Å². The highest BCUT2D eigenvalue weighted by Gasteiger charge is 2.14. The van der Waals surface area contributed by atoms with Crippen LogP contribution < -0.4 is 10.6 Å². The number of anilines is 2. The van der Waals surface area contributed by atoms with E-state index in [1.807, 2.05) is 24.8 Å². The van der Waals surface area contributed by atoms with Gasteiger partial charge in [-0.15, -0.1) is 0 Å². The summed E-state index contributed by atoms with van der Waals surface area (Å²) < 4.78 is 0.858. The predicted molar refractivity (Wildman–Crippen MR) is 65.9 cm³/mol. The van der Waals surface area contributed by atoms with E-state index in [0.717, 1.165) is 10.3 Å². The van der Waals surface area contributed by atoms with E-state index in [1.54, 1.807) is 6.20 Å². The monoisotopic (exact) mass is 273 g/mol. The molecule has 0 saturated heterocycles. The van der Waals surface area contributed by atoms with Crippen LogP contribution in [0.4, 0.5) is 11.5 Å². The fourth-order valence-corrected chi connectivity index (χ4v) is 1.75. The van der Waals surface area contributed by atoms with Gasteiger partial charge in [-0.1, -0.05) is 0 Å². The zero-order valence-electron chi connectivity index (χ0n) is 8.94. The molecule has 0 aromatic carbocycles.